The first kappa shape index (κ1) is 14.8. The van der Waals surface area contributed by atoms with Crippen LogP contribution in [0.2, 0.25) is 5.02 Å². The Bertz CT molecular complexity index is 382. The van der Waals surface area contributed by atoms with Crippen LogP contribution in [0.15, 0.2) is 24.3 Å². The van der Waals surface area contributed by atoms with Crippen molar-refractivity contribution in [3.63, 3.8) is 0 Å². The molecule has 2 rings (SSSR count). The van der Waals surface area contributed by atoms with Gasteiger partial charge in [0.05, 0.1) is 13.2 Å². The first-order valence-corrected chi connectivity index (χ1v) is 7.33. The van der Waals surface area contributed by atoms with Crippen LogP contribution in [0, 0.1) is 0 Å². The molecule has 1 aliphatic heterocycles. The molecule has 0 aromatic heterocycles. The fourth-order valence-electron chi connectivity index (χ4n) is 2.56. The Labute approximate surface area is 120 Å². The van der Waals surface area contributed by atoms with Crippen LogP contribution in [-0.2, 0) is 4.74 Å². The van der Waals surface area contributed by atoms with E-state index in [1.165, 1.54) is 5.56 Å². The molecule has 106 valence electrons. The Morgan fingerprint density at radius 3 is 2.79 bits per heavy atom. The summed E-state index contributed by atoms with van der Waals surface area (Å²) in [4.78, 5) is 2.50. The number of morpholine rings is 1. The van der Waals surface area contributed by atoms with E-state index in [9.17, 15) is 0 Å². The molecule has 0 radical (unpaired) electrons. The number of nitrogens with one attached hydrogen (secondary N) is 1. The summed E-state index contributed by atoms with van der Waals surface area (Å²) in [5.74, 6) is 0. The lowest BCUT2D eigenvalue weighted by molar-refractivity contribution is -0.00174. The molecule has 1 aliphatic rings. The van der Waals surface area contributed by atoms with Crippen molar-refractivity contribution in [3.05, 3.63) is 34.9 Å². The van der Waals surface area contributed by atoms with E-state index in [1.54, 1.807) is 0 Å². The van der Waals surface area contributed by atoms with Crippen LogP contribution in [0.1, 0.15) is 24.9 Å². The zero-order valence-corrected chi connectivity index (χ0v) is 12.5. The number of benzene rings is 1. The van der Waals surface area contributed by atoms with Crippen molar-refractivity contribution >= 4 is 11.6 Å². The van der Waals surface area contributed by atoms with Crippen molar-refractivity contribution in [2.45, 2.75) is 25.4 Å². The smallest absolute Gasteiger partial charge is 0.0619 e. The SMILES string of the molecule is CNC(CCN1CCOCC1C)c1ccc(Cl)cc1. The standard InChI is InChI=1S/C15H23ClN2O/c1-12-11-19-10-9-18(12)8-7-15(17-2)13-3-5-14(16)6-4-13/h3-6,12,15,17H,7-11H2,1-2H3. The molecule has 0 bridgehead atoms. The third-order valence-corrected chi connectivity index (χ3v) is 4.08. The lowest BCUT2D eigenvalue weighted by Crippen LogP contribution is -2.44. The van der Waals surface area contributed by atoms with Gasteiger partial charge in [0.25, 0.3) is 0 Å². The molecule has 1 saturated heterocycles. The van der Waals surface area contributed by atoms with Gasteiger partial charge in [0.1, 0.15) is 0 Å². The minimum atomic E-state index is 0.382. The Morgan fingerprint density at radius 1 is 1.42 bits per heavy atom. The van der Waals surface area contributed by atoms with Gasteiger partial charge in [0.15, 0.2) is 0 Å². The molecular weight excluding hydrogens is 260 g/mol. The molecule has 0 amide bonds. The van der Waals surface area contributed by atoms with Gasteiger partial charge in [-0.1, -0.05) is 23.7 Å². The van der Waals surface area contributed by atoms with E-state index in [0.717, 1.165) is 37.7 Å². The average Bonchev–Trinajstić information content (AvgIpc) is 2.43. The van der Waals surface area contributed by atoms with Gasteiger partial charge in [-0.15, -0.1) is 0 Å². The highest BCUT2D eigenvalue weighted by molar-refractivity contribution is 6.30. The first-order valence-electron chi connectivity index (χ1n) is 6.95. The third-order valence-electron chi connectivity index (χ3n) is 3.83. The van der Waals surface area contributed by atoms with E-state index in [4.69, 9.17) is 16.3 Å². The third kappa shape index (κ3) is 4.18. The molecule has 0 saturated carbocycles. The van der Waals surface area contributed by atoms with E-state index in [0.29, 0.717) is 12.1 Å². The van der Waals surface area contributed by atoms with Crippen LogP contribution in [-0.4, -0.2) is 44.3 Å². The molecule has 1 fully saturated rings. The largest absolute Gasteiger partial charge is 0.379 e. The fourth-order valence-corrected chi connectivity index (χ4v) is 2.69. The van der Waals surface area contributed by atoms with Gasteiger partial charge in [-0.25, -0.2) is 0 Å². The first-order chi connectivity index (χ1) is 9.20. The Morgan fingerprint density at radius 2 is 2.16 bits per heavy atom. The molecule has 0 spiro atoms. The van der Waals surface area contributed by atoms with Gasteiger partial charge in [0.2, 0.25) is 0 Å². The molecule has 2 unspecified atom stereocenters. The van der Waals surface area contributed by atoms with Gasteiger partial charge in [-0.3, -0.25) is 4.90 Å². The molecule has 1 N–H and O–H groups in total. The normalized spacial score (nSPS) is 22.4. The number of rotatable bonds is 5. The van der Waals surface area contributed by atoms with Crippen LogP contribution in [0.5, 0.6) is 0 Å². The second-order valence-corrected chi connectivity index (χ2v) is 5.58. The summed E-state index contributed by atoms with van der Waals surface area (Å²) in [6.45, 7) is 6.08. The van der Waals surface area contributed by atoms with Gasteiger partial charge < -0.3 is 10.1 Å². The number of hydrogen-bond donors (Lipinski definition) is 1. The number of hydrogen-bond acceptors (Lipinski definition) is 3. The minimum Gasteiger partial charge on any atom is -0.379 e. The Kier molecular flexibility index (Phi) is 5.64. The number of nitrogens with zero attached hydrogens (tertiary/aromatic N) is 1. The fraction of sp³-hybridized carbons (Fsp3) is 0.600. The van der Waals surface area contributed by atoms with Crippen LogP contribution in [0.3, 0.4) is 0 Å². The molecule has 1 aromatic rings. The van der Waals surface area contributed by atoms with Crippen molar-refractivity contribution in [1.29, 1.82) is 0 Å². The molecule has 3 nitrogen and oxygen atoms in total. The van der Waals surface area contributed by atoms with Crippen LogP contribution >= 0.6 is 11.6 Å². The van der Waals surface area contributed by atoms with E-state index in [2.05, 4.69) is 29.3 Å². The second-order valence-electron chi connectivity index (χ2n) is 5.14. The summed E-state index contributed by atoms with van der Waals surface area (Å²) in [5.41, 5.74) is 1.30. The maximum Gasteiger partial charge on any atom is 0.0619 e. The summed E-state index contributed by atoms with van der Waals surface area (Å²) in [6, 6.07) is 9.03. The van der Waals surface area contributed by atoms with Crippen molar-refractivity contribution in [2.24, 2.45) is 0 Å². The van der Waals surface area contributed by atoms with Gasteiger partial charge in [-0.2, -0.15) is 0 Å². The highest BCUT2D eigenvalue weighted by Gasteiger charge is 2.19. The van der Waals surface area contributed by atoms with Crippen molar-refractivity contribution in [1.82, 2.24) is 10.2 Å². The highest BCUT2D eigenvalue weighted by Crippen LogP contribution is 2.20. The lowest BCUT2D eigenvalue weighted by atomic mass is 10.0. The highest BCUT2D eigenvalue weighted by atomic mass is 35.5. The summed E-state index contributed by atoms with van der Waals surface area (Å²) in [6.07, 6.45) is 1.10. The molecule has 19 heavy (non-hydrogen) atoms. The summed E-state index contributed by atoms with van der Waals surface area (Å²) >= 11 is 5.93. The van der Waals surface area contributed by atoms with Crippen molar-refractivity contribution in [3.8, 4) is 0 Å². The van der Waals surface area contributed by atoms with Gasteiger partial charge in [-0.05, 0) is 38.1 Å². The molecule has 4 heteroatoms. The zero-order chi connectivity index (χ0) is 13.7. The molecule has 1 heterocycles. The maximum absolute atomic E-state index is 5.93. The molecule has 2 atom stereocenters. The average molecular weight is 283 g/mol. The molecular formula is C15H23ClN2O. The minimum absolute atomic E-state index is 0.382. The van der Waals surface area contributed by atoms with E-state index < -0.39 is 0 Å². The van der Waals surface area contributed by atoms with E-state index in [1.807, 2.05) is 19.2 Å². The molecule has 1 aromatic carbocycles. The molecule has 0 aliphatic carbocycles. The predicted octanol–water partition coefficient (Wildman–Crippen LogP) is 2.71. The van der Waals surface area contributed by atoms with E-state index in [-0.39, 0.29) is 0 Å². The van der Waals surface area contributed by atoms with Crippen LogP contribution < -0.4 is 5.32 Å². The monoisotopic (exact) mass is 282 g/mol. The van der Waals surface area contributed by atoms with Crippen molar-refractivity contribution < 1.29 is 4.74 Å². The predicted molar refractivity (Wildman–Crippen MR) is 79.7 cm³/mol. The van der Waals surface area contributed by atoms with Gasteiger partial charge >= 0.3 is 0 Å². The van der Waals surface area contributed by atoms with E-state index >= 15 is 0 Å². The van der Waals surface area contributed by atoms with Crippen LogP contribution in [0.25, 0.3) is 0 Å². The number of halogens is 1. The van der Waals surface area contributed by atoms with Crippen LogP contribution in [0.4, 0.5) is 0 Å². The summed E-state index contributed by atoms with van der Waals surface area (Å²) < 4.78 is 5.47. The second kappa shape index (κ2) is 7.25. The lowest BCUT2D eigenvalue weighted by Gasteiger charge is -2.34. The topological polar surface area (TPSA) is 24.5 Å². The van der Waals surface area contributed by atoms with Gasteiger partial charge in [0, 0.05) is 30.2 Å². The number of ether oxygens (including phenoxy) is 1. The maximum atomic E-state index is 5.93. The summed E-state index contributed by atoms with van der Waals surface area (Å²) in [5, 5.41) is 4.18. The van der Waals surface area contributed by atoms with Crippen molar-refractivity contribution in [2.75, 3.05) is 33.4 Å². The zero-order valence-electron chi connectivity index (χ0n) is 11.7. The quantitative estimate of drug-likeness (QED) is 0.899. The summed E-state index contributed by atoms with van der Waals surface area (Å²) in [7, 11) is 2.02. The Hall–Kier alpha value is -0.610. The Balaban J connectivity index is 1.90.